The van der Waals surface area contributed by atoms with Crippen LogP contribution in [0.2, 0.25) is 0 Å². The normalized spacial score (nSPS) is 38.0. The number of nitrogens with zero attached hydrogens (tertiary/aromatic N) is 3. The molecular formula is C17H27N3O. The van der Waals surface area contributed by atoms with E-state index in [4.69, 9.17) is 4.52 Å². The number of likely N-dealkylation sites (N-methyl/N-ethyl adjacent to an activating group) is 1. The van der Waals surface area contributed by atoms with Crippen LogP contribution >= 0.6 is 0 Å². The van der Waals surface area contributed by atoms with E-state index in [1.165, 1.54) is 51.4 Å². The molecule has 3 heterocycles. The Morgan fingerprint density at radius 3 is 2.62 bits per heavy atom. The molecule has 3 aliphatic rings. The summed E-state index contributed by atoms with van der Waals surface area (Å²) < 4.78 is 5.64. The summed E-state index contributed by atoms with van der Waals surface area (Å²) in [5.74, 6) is 3.82. The molecule has 1 aromatic heterocycles. The van der Waals surface area contributed by atoms with Crippen LogP contribution in [0.25, 0.3) is 0 Å². The van der Waals surface area contributed by atoms with E-state index in [1.54, 1.807) is 0 Å². The van der Waals surface area contributed by atoms with Crippen molar-refractivity contribution in [2.45, 2.75) is 76.3 Å². The molecule has 2 saturated heterocycles. The van der Waals surface area contributed by atoms with Gasteiger partial charge in [0.25, 0.3) is 0 Å². The van der Waals surface area contributed by atoms with Gasteiger partial charge in [0.05, 0.1) is 5.92 Å². The second-order valence-electron chi connectivity index (χ2n) is 7.47. The van der Waals surface area contributed by atoms with Gasteiger partial charge in [-0.25, -0.2) is 0 Å². The summed E-state index contributed by atoms with van der Waals surface area (Å²) in [4.78, 5) is 7.23. The minimum atomic E-state index is 0.470. The fourth-order valence-corrected chi connectivity index (χ4v) is 5.35. The Morgan fingerprint density at radius 1 is 1.10 bits per heavy atom. The van der Waals surface area contributed by atoms with Crippen molar-refractivity contribution in [2.24, 2.45) is 11.8 Å². The first-order chi connectivity index (χ1) is 10.2. The van der Waals surface area contributed by atoms with Crippen molar-refractivity contribution >= 4 is 0 Å². The fourth-order valence-electron chi connectivity index (χ4n) is 5.35. The van der Waals surface area contributed by atoms with Crippen molar-refractivity contribution in [1.82, 2.24) is 15.0 Å². The lowest BCUT2D eigenvalue weighted by atomic mass is 9.68. The lowest BCUT2D eigenvalue weighted by Crippen LogP contribution is -2.47. The maximum absolute atomic E-state index is 5.64. The first-order valence-electron chi connectivity index (χ1n) is 8.76. The van der Waals surface area contributed by atoms with Gasteiger partial charge in [-0.2, -0.15) is 4.98 Å². The molecule has 21 heavy (non-hydrogen) atoms. The van der Waals surface area contributed by atoms with Crippen LogP contribution in [0.15, 0.2) is 4.52 Å². The maximum Gasteiger partial charge on any atom is 0.231 e. The van der Waals surface area contributed by atoms with Crippen LogP contribution in [-0.4, -0.2) is 34.2 Å². The average Bonchev–Trinajstić information content (AvgIpc) is 3.01. The summed E-state index contributed by atoms with van der Waals surface area (Å²) in [5, 5.41) is 4.07. The van der Waals surface area contributed by atoms with Gasteiger partial charge >= 0.3 is 0 Å². The van der Waals surface area contributed by atoms with Crippen LogP contribution in [0.3, 0.4) is 0 Å². The Hall–Kier alpha value is -0.900. The number of rotatable bonds is 2. The highest BCUT2D eigenvalue weighted by Gasteiger charge is 2.50. The molecule has 4 rings (SSSR count). The van der Waals surface area contributed by atoms with Crippen molar-refractivity contribution < 1.29 is 4.52 Å². The second kappa shape index (κ2) is 5.38. The van der Waals surface area contributed by atoms with Crippen LogP contribution in [-0.2, 0) is 0 Å². The third kappa shape index (κ3) is 2.32. The summed E-state index contributed by atoms with van der Waals surface area (Å²) in [6.45, 7) is 1.94. The molecule has 4 unspecified atom stereocenters. The van der Waals surface area contributed by atoms with Crippen LogP contribution in [0.1, 0.15) is 69.0 Å². The lowest BCUT2D eigenvalue weighted by molar-refractivity contribution is 0.0493. The highest BCUT2D eigenvalue weighted by atomic mass is 16.5. The predicted molar refractivity (Wildman–Crippen MR) is 81.0 cm³/mol. The minimum absolute atomic E-state index is 0.470. The molecular weight excluding hydrogens is 262 g/mol. The zero-order chi connectivity index (χ0) is 14.4. The molecule has 1 saturated carbocycles. The van der Waals surface area contributed by atoms with Crippen LogP contribution in [0.4, 0.5) is 0 Å². The van der Waals surface area contributed by atoms with Gasteiger partial charge in [0, 0.05) is 12.1 Å². The van der Waals surface area contributed by atoms with Crippen molar-refractivity contribution in [3.05, 3.63) is 11.7 Å². The topological polar surface area (TPSA) is 42.2 Å². The quantitative estimate of drug-likeness (QED) is 0.835. The molecule has 2 bridgehead atoms. The molecule has 0 spiro atoms. The van der Waals surface area contributed by atoms with Crippen LogP contribution < -0.4 is 0 Å². The number of hydrogen-bond acceptors (Lipinski definition) is 4. The van der Waals surface area contributed by atoms with Gasteiger partial charge in [-0.15, -0.1) is 0 Å². The second-order valence-corrected chi connectivity index (χ2v) is 7.47. The largest absolute Gasteiger partial charge is 0.339 e. The monoisotopic (exact) mass is 289 g/mol. The van der Waals surface area contributed by atoms with Crippen LogP contribution in [0.5, 0.6) is 0 Å². The first-order valence-corrected chi connectivity index (χ1v) is 8.76. The predicted octanol–water partition coefficient (Wildman–Crippen LogP) is 3.52. The van der Waals surface area contributed by atoms with Crippen molar-refractivity contribution in [3.63, 3.8) is 0 Å². The molecule has 0 radical (unpaired) electrons. The standard InChI is InChI=1S/C17H27N3O/c1-11-18-17(21-19-11)16-14(12-6-4-3-5-7-12)10-13-8-9-15(16)20(13)2/h12-16H,3-10H2,1-2H3. The summed E-state index contributed by atoms with van der Waals surface area (Å²) in [7, 11) is 2.30. The van der Waals surface area contributed by atoms with E-state index in [0.717, 1.165) is 29.6 Å². The molecule has 0 N–H and O–H groups in total. The summed E-state index contributed by atoms with van der Waals surface area (Å²) in [5.41, 5.74) is 0. The van der Waals surface area contributed by atoms with E-state index >= 15 is 0 Å². The van der Waals surface area contributed by atoms with Crippen LogP contribution in [0, 0.1) is 18.8 Å². The number of aromatic nitrogens is 2. The third-order valence-electron chi connectivity index (χ3n) is 6.40. The molecule has 1 aromatic rings. The van der Waals surface area contributed by atoms with E-state index < -0.39 is 0 Å². The third-order valence-corrected chi connectivity index (χ3v) is 6.40. The van der Waals surface area contributed by atoms with E-state index in [0.29, 0.717) is 12.0 Å². The number of fused-ring (bicyclic) bond motifs is 2. The smallest absolute Gasteiger partial charge is 0.231 e. The molecule has 0 amide bonds. The fraction of sp³-hybridized carbons (Fsp3) is 0.882. The molecule has 4 heteroatoms. The molecule has 0 aromatic carbocycles. The molecule has 3 fully saturated rings. The summed E-state index contributed by atoms with van der Waals surface area (Å²) in [6, 6.07) is 1.41. The molecule has 1 aliphatic carbocycles. The Labute approximate surface area is 127 Å². The number of aryl methyl sites for hydroxylation is 1. The number of hydrogen-bond donors (Lipinski definition) is 0. The van der Waals surface area contributed by atoms with E-state index in [1.807, 2.05) is 6.92 Å². The van der Waals surface area contributed by atoms with E-state index in [-0.39, 0.29) is 0 Å². The SMILES string of the molecule is Cc1noc(C2C(C3CCCCC3)CC3CCC2N3C)n1. The summed E-state index contributed by atoms with van der Waals surface area (Å²) in [6.07, 6.45) is 11.1. The Kier molecular flexibility index (Phi) is 3.52. The number of piperidine rings is 1. The maximum atomic E-state index is 5.64. The molecule has 4 nitrogen and oxygen atoms in total. The van der Waals surface area contributed by atoms with Gasteiger partial charge in [0.2, 0.25) is 5.89 Å². The minimum Gasteiger partial charge on any atom is -0.339 e. The zero-order valence-electron chi connectivity index (χ0n) is 13.3. The summed E-state index contributed by atoms with van der Waals surface area (Å²) >= 11 is 0. The highest BCUT2D eigenvalue weighted by molar-refractivity contribution is 5.11. The Balaban J connectivity index is 1.66. The highest BCUT2D eigenvalue weighted by Crippen LogP contribution is 2.51. The van der Waals surface area contributed by atoms with E-state index in [9.17, 15) is 0 Å². The average molecular weight is 289 g/mol. The van der Waals surface area contributed by atoms with Gasteiger partial charge in [0.15, 0.2) is 5.82 Å². The van der Waals surface area contributed by atoms with Crippen molar-refractivity contribution in [2.75, 3.05) is 7.05 Å². The molecule has 4 atom stereocenters. The zero-order valence-corrected chi connectivity index (χ0v) is 13.3. The van der Waals surface area contributed by atoms with Gasteiger partial charge < -0.3 is 4.52 Å². The Morgan fingerprint density at radius 2 is 1.90 bits per heavy atom. The van der Waals surface area contributed by atoms with Gasteiger partial charge in [-0.3, -0.25) is 4.90 Å². The van der Waals surface area contributed by atoms with Gasteiger partial charge in [0.1, 0.15) is 0 Å². The van der Waals surface area contributed by atoms with Crippen molar-refractivity contribution in [3.8, 4) is 0 Å². The first kappa shape index (κ1) is 13.7. The van der Waals surface area contributed by atoms with Gasteiger partial charge in [-0.1, -0.05) is 37.3 Å². The lowest BCUT2D eigenvalue weighted by Gasteiger charge is -2.45. The van der Waals surface area contributed by atoms with Gasteiger partial charge in [-0.05, 0) is 45.1 Å². The Bertz CT molecular complexity index is 494. The van der Waals surface area contributed by atoms with E-state index in [2.05, 4.69) is 22.1 Å². The van der Waals surface area contributed by atoms with Crippen molar-refractivity contribution in [1.29, 1.82) is 0 Å². The molecule has 2 aliphatic heterocycles. The molecule has 116 valence electrons.